The summed E-state index contributed by atoms with van der Waals surface area (Å²) in [5.74, 6) is -0.714. The Kier molecular flexibility index (Phi) is 8.45. The lowest BCUT2D eigenvalue weighted by Crippen LogP contribution is -2.40. The summed E-state index contributed by atoms with van der Waals surface area (Å²) in [5, 5.41) is 14.6. The summed E-state index contributed by atoms with van der Waals surface area (Å²) in [6.45, 7) is 4.42. The van der Waals surface area contributed by atoms with Gasteiger partial charge in [-0.1, -0.05) is 30.3 Å². The second-order valence-electron chi connectivity index (χ2n) is 10.2. The molecule has 0 atom stereocenters. The van der Waals surface area contributed by atoms with E-state index in [9.17, 15) is 19.1 Å². The quantitative estimate of drug-likeness (QED) is 0.202. The SMILES string of the molecule is COC(=O)c1cc2[nH]c(O)c(C(=Nc3ccc(C(=O)NCCN4CCC(F)CC4)cc3)c3ccccc3)c2cc1C. The molecule has 8 nitrogen and oxygen atoms in total. The minimum atomic E-state index is -0.715. The molecule has 1 saturated heterocycles. The number of aryl methyl sites for hydroxylation is 1. The third kappa shape index (κ3) is 6.30. The Morgan fingerprint density at radius 3 is 2.46 bits per heavy atom. The number of aromatic nitrogens is 1. The van der Waals surface area contributed by atoms with Crippen LogP contribution >= 0.6 is 0 Å². The van der Waals surface area contributed by atoms with Crippen molar-refractivity contribution < 1.29 is 23.8 Å². The van der Waals surface area contributed by atoms with Crippen LogP contribution in [0.5, 0.6) is 5.88 Å². The first-order valence-electron chi connectivity index (χ1n) is 13.7. The molecular weight excluding hydrogens is 523 g/mol. The first-order chi connectivity index (χ1) is 19.8. The standard InChI is InChI=1S/C32H33FN4O4/c1-20-18-26-27(19-25(20)32(40)41-2)36-31(39)28(26)29(21-6-4-3-5-7-21)35-24-10-8-22(9-11-24)30(38)34-14-17-37-15-12-23(33)13-16-37/h3-11,18-19,23,36,39H,12-17H2,1-2H3,(H,34,38). The van der Waals surface area contributed by atoms with Crippen LogP contribution in [0.1, 0.15) is 50.2 Å². The van der Waals surface area contributed by atoms with Gasteiger partial charge in [-0.3, -0.25) is 4.79 Å². The molecule has 212 valence electrons. The number of hydrogen-bond donors (Lipinski definition) is 3. The number of aromatic amines is 1. The Morgan fingerprint density at radius 1 is 1.07 bits per heavy atom. The summed E-state index contributed by atoms with van der Waals surface area (Å²) in [6.07, 6.45) is 0.379. The van der Waals surface area contributed by atoms with Crippen molar-refractivity contribution in [2.75, 3.05) is 33.3 Å². The van der Waals surface area contributed by atoms with Crippen molar-refractivity contribution in [3.63, 3.8) is 0 Å². The number of H-pyrrole nitrogens is 1. The van der Waals surface area contributed by atoms with Crippen molar-refractivity contribution in [3.05, 3.63) is 94.5 Å². The number of hydrogen-bond acceptors (Lipinski definition) is 6. The molecule has 2 heterocycles. The molecule has 0 radical (unpaired) electrons. The number of carbonyl (C=O) groups is 2. The Balaban J connectivity index is 1.41. The summed E-state index contributed by atoms with van der Waals surface area (Å²) in [4.78, 5) is 34.9. The van der Waals surface area contributed by atoms with Crippen molar-refractivity contribution >= 4 is 34.2 Å². The molecule has 0 aliphatic carbocycles. The largest absolute Gasteiger partial charge is 0.494 e. The lowest BCUT2D eigenvalue weighted by Gasteiger charge is -2.28. The molecule has 3 aromatic carbocycles. The van der Waals surface area contributed by atoms with Crippen molar-refractivity contribution in [1.82, 2.24) is 15.2 Å². The molecule has 0 spiro atoms. The van der Waals surface area contributed by atoms with Gasteiger partial charge in [0, 0.05) is 48.2 Å². The van der Waals surface area contributed by atoms with Crippen LogP contribution in [0.15, 0.2) is 71.7 Å². The fraction of sp³-hybridized carbons (Fsp3) is 0.281. The molecule has 4 aromatic rings. The van der Waals surface area contributed by atoms with Gasteiger partial charge in [0.15, 0.2) is 5.88 Å². The third-order valence-electron chi connectivity index (χ3n) is 7.41. The number of carbonyl (C=O) groups excluding carboxylic acids is 2. The van der Waals surface area contributed by atoms with E-state index in [0.29, 0.717) is 83.6 Å². The molecule has 1 aliphatic heterocycles. The molecule has 9 heteroatoms. The third-order valence-corrected chi connectivity index (χ3v) is 7.41. The number of nitrogens with zero attached hydrogens (tertiary/aromatic N) is 2. The molecular formula is C32H33FN4O4. The Morgan fingerprint density at radius 2 is 1.78 bits per heavy atom. The van der Waals surface area contributed by atoms with E-state index >= 15 is 0 Å². The second kappa shape index (κ2) is 12.3. The first-order valence-corrected chi connectivity index (χ1v) is 13.7. The maximum absolute atomic E-state index is 13.3. The van der Waals surface area contributed by atoms with E-state index in [-0.39, 0.29) is 11.8 Å². The fourth-order valence-electron chi connectivity index (χ4n) is 5.14. The van der Waals surface area contributed by atoms with E-state index in [0.717, 1.165) is 5.56 Å². The summed E-state index contributed by atoms with van der Waals surface area (Å²) < 4.78 is 18.2. The molecule has 1 fully saturated rings. The van der Waals surface area contributed by atoms with Gasteiger partial charge < -0.3 is 25.0 Å². The maximum Gasteiger partial charge on any atom is 0.338 e. The molecule has 3 N–H and O–H groups in total. The predicted molar refractivity (Wildman–Crippen MR) is 157 cm³/mol. The second-order valence-corrected chi connectivity index (χ2v) is 10.2. The van der Waals surface area contributed by atoms with Gasteiger partial charge in [0.25, 0.3) is 5.91 Å². The zero-order valence-corrected chi connectivity index (χ0v) is 23.1. The zero-order valence-electron chi connectivity index (χ0n) is 23.1. The van der Waals surface area contributed by atoms with Crippen molar-refractivity contribution in [1.29, 1.82) is 0 Å². The molecule has 5 rings (SSSR count). The van der Waals surface area contributed by atoms with E-state index in [1.54, 1.807) is 30.3 Å². The van der Waals surface area contributed by atoms with Gasteiger partial charge in [-0.25, -0.2) is 14.2 Å². The summed E-state index contributed by atoms with van der Waals surface area (Å²) >= 11 is 0. The number of aliphatic imine (C=N–C) groups is 1. The van der Waals surface area contributed by atoms with Crippen molar-refractivity contribution in [2.45, 2.75) is 25.9 Å². The van der Waals surface area contributed by atoms with Crippen LogP contribution in [0.4, 0.5) is 10.1 Å². The summed E-state index contributed by atoms with van der Waals surface area (Å²) in [7, 11) is 1.33. The van der Waals surface area contributed by atoms with Gasteiger partial charge in [-0.05, 0) is 61.7 Å². The average molecular weight is 557 g/mol. The van der Waals surface area contributed by atoms with E-state index < -0.39 is 12.1 Å². The fourth-order valence-corrected chi connectivity index (χ4v) is 5.14. The highest BCUT2D eigenvalue weighted by atomic mass is 19.1. The van der Waals surface area contributed by atoms with Crippen LogP contribution in [-0.2, 0) is 4.74 Å². The molecule has 0 unspecified atom stereocenters. The number of amides is 1. The molecule has 0 bridgehead atoms. The van der Waals surface area contributed by atoms with E-state index in [2.05, 4.69) is 15.2 Å². The Bertz CT molecular complexity index is 1570. The molecule has 1 aliphatic rings. The molecule has 1 aromatic heterocycles. The highest BCUT2D eigenvalue weighted by Gasteiger charge is 2.22. The number of esters is 1. The number of ether oxygens (including phenoxy) is 1. The van der Waals surface area contributed by atoms with Crippen LogP contribution in [0, 0.1) is 6.92 Å². The van der Waals surface area contributed by atoms with Crippen LogP contribution in [0.3, 0.4) is 0 Å². The van der Waals surface area contributed by atoms with Gasteiger partial charge in [-0.15, -0.1) is 0 Å². The lowest BCUT2D eigenvalue weighted by atomic mass is 9.98. The van der Waals surface area contributed by atoms with Gasteiger partial charge in [0.1, 0.15) is 6.17 Å². The molecule has 41 heavy (non-hydrogen) atoms. The van der Waals surface area contributed by atoms with Gasteiger partial charge in [-0.2, -0.15) is 0 Å². The Labute approximate surface area is 237 Å². The normalized spacial score (nSPS) is 14.8. The van der Waals surface area contributed by atoms with Gasteiger partial charge >= 0.3 is 5.97 Å². The van der Waals surface area contributed by atoms with Crippen molar-refractivity contribution in [2.24, 2.45) is 4.99 Å². The number of benzene rings is 3. The van der Waals surface area contributed by atoms with Crippen LogP contribution in [-0.4, -0.2) is 72.0 Å². The van der Waals surface area contributed by atoms with Crippen LogP contribution in [0.2, 0.25) is 0 Å². The van der Waals surface area contributed by atoms with Crippen LogP contribution in [0.25, 0.3) is 10.9 Å². The van der Waals surface area contributed by atoms with E-state index in [4.69, 9.17) is 9.73 Å². The minimum Gasteiger partial charge on any atom is -0.494 e. The maximum atomic E-state index is 13.3. The predicted octanol–water partition coefficient (Wildman–Crippen LogP) is 5.30. The number of halogens is 1. The number of fused-ring (bicyclic) bond motifs is 1. The van der Waals surface area contributed by atoms with Gasteiger partial charge in [0.05, 0.1) is 29.6 Å². The first kappa shape index (κ1) is 28.0. The van der Waals surface area contributed by atoms with Crippen LogP contribution < -0.4 is 5.32 Å². The molecule has 1 amide bonds. The van der Waals surface area contributed by atoms with E-state index in [1.807, 2.05) is 43.3 Å². The molecule has 0 saturated carbocycles. The number of piperidine rings is 1. The number of likely N-dealkylation sites (tertiary alicyclic amines) is 1. The van der Waals surface area contributed by atoms with E-state index in [1.165, 1.54) is 7.11 Å². The number of alkyl halides is 1. The minimum absolute atomic E-state index is 0.0734. The summed E-state index contributed by atoms with van der Waals surface area (Å²) in [5.41, 5.74) is 4.63. The average Bonchev–Trinajstić information content (AvgIpc) is 3.30. The highest BCUT2D eigenvalue weighted by Crippen LogP contribution is 2.33. The number of methoxy groups -OCH3 is 1. The number of nitrogens with one attached hydrogen (secondary N) is 2. The topological polar surface area (TPSA) is 107 Å². The number of aromatic hydroxyl groups is 1. The Hall–Kier alpha value is -4.50. The lowest BCUT2D eigenvalue weighted by molar-refractivity contribution is 0.0600. The highest BCUT2D eigenvalue weighted by molar-refractivity contribution is 6.22. The van der Waals surface area contributed by atoms with Gasteiger partial charge in [0.2, 0.25) is 0 Å². The van der Waals surface area contributed by atoms with Crippen molar-refractivity contribution in [3.8, 4) is 5.88 Å². The smallest absolute Gasteiger partial charge is 0.338 e. The summed E-state index contributed by atoms with van der Waals surface area (Å²) in [6, 6.07) is 20.0. The zero-order chi connectivity index (χ0) is 28.9. The number of rotatable bonds is 8. The monoisotopic (exact) mass is 556 g/mol.